The van der Waals surface area contributed by atoms with Gasteiger partial charge < -0.3 is 4.90 Å². The van der Waals surface area contributed by atoms with Gasteiger partial charge in [-0.05, 0) is 26.0 Å². The first-order valence-electron chi connectivity index (χ1n) is 6.75. The van der Waals surface area contributed by atoms with Gasteiger partial charge in [0.25, 0.3) is 0 Å². The van der Waals surface area contributed by atoms with E-state index in [1.54, 1.807) is 0 Å². The van der Waals surface area contributed by atoms with Crippen LogP contribution in [0, 0.1) is 0 Å². The fraction of sp³-hybridized carbons (Fsp3) is 0.533. The Morgan fingerprint density at radius 1 is 1.00 bits per heavy atom. The number of benzene rings is 1. The summed E-state index contributed by atoms with van der Waals surface area (Å²) in [5.74, 6) is 0.220. The standard InChI is InChI=1S/C15H24N2O/c1-4-16(12-14-10-8-7-9-11-14)13-15(18)17(5-2)6-3/h7-11H,4-6,12-13H2,1-3H3. The first-order chi connectivity index (χ1) is 8.71. The summed E-state index contributed by atoms with van der Waals surface area (Å²) in [6.45, 7) is 9.96. The van der Waals surface area contributed by atoms with Crippen LogP contribution in [-0.4, -0.2) is 41.9 Å². The molecule has 0 unspecified atom stereocenters. The Morgan fingerprint density at radius 2 is 1.61 bits per heavy atom. The van der Waals surface area contributed by atoms with Gasteiger partial charge in [-0.3, -0.25) is 9.69 Å². The number of rotatable bonds is 7. The summed E-state index contributed by atoms with van der Waals surface area (Å²) < 4.78 is 0. The van der Waals surface area contributed by atoms with Crippen LogP contribution in [0.4, 0.5) is 0 Å². The van der Waals surface area contributed by atoms with Gasteiger partial charge in [0.15, 0.2) is 0 Å². The number of likely N-dealkylation sites (N-methyl/N-ethyl adjacent to an activating group) is 2. The Hall–Kier alpha value is -1.35. The molecule has 0 saturated heterocycles. The molecule has 1 aromatic rings. The van der Waals surface area contributed by atoms with Crippen molar-refractivity contribution in [2.24, 2.45) is 0 Å². The van der Waals surface area contributed by atoms with E-state index in [4.69, 9.17) is 0 Å². The molecule has 0 heterocycles. The van der Waals surface area contributed by atoms with Gasteiger partial charge in [0.05, 0.1) is 6.54 Å². The van der Waals surface area contributed by atoms with Crippen molar-refractivity contribution in [2.75, 3.05) is 26.2 Å². The van der Waals surface area contributed by atoms with Gasteiger partial charge in [0.2, 0.25) is 5.91 Å². The number of nitrogens with zero attached hydrogens (tertiary/aromatic N) is 2. The Bertz CT molecular complexity index is 347. The Labute approximate surface area is 110 Å². The van der Waals surface area contributed by atoms with E-state index < -0.39 is 0 Å². The summed E-state index contributed by atoms with van der Waals surface area (Å²) in [6, 6.07) is 10.3. The highest BCUT2D eigenvalue weighted by Crippen LogP contribution is 2.04. The molecule has 0 aliphatic carbocycles. The van der Waals surface area contributed by atoms with Gasteiger partial charge in [-0.25, -0.2) is 0 Å². The topological polar surface area (TPSA) is 23.6 Å². The van der Waals surface area contributed by atoms with Crippen molar-refractivity contribution in [3.63, 3.8) is 0 Å². The van der Waals surface area contributed by atoms with Gasteiger partial charge in [0.1, 0.15) is 0 Å². The third-order valence-electron chi connectivity index (χ3n) is 3.17. The van der Waals surface area contributed by atoms with Crippen LogP contribution in [0.2, 0.25) is 0 Å². The zero-order chi connectivity index (χ0) is 13.4. The molecule has 0 atom stereocenters. The summed E-state index contributed by atoms with van der Waals surface area (Å²) in [5, 5.41) is 0. The zero-order valence-corrected chi connectivity index (χ0v) is 11.7. The minimum Gasteiger partial charge on any atom is -0.342 e. The number of hydrogen-bond donors (Lipinski definition) is 0. The Balaban J connectivity index is 2.54. The van der Waals surface area contributed by atoms with Crippen molar-refractivity contribution in [1.82, 2.24) is 9.80 Å². The SMILES string of the molecule is CCN(CC(=O)N(CC)CC)Cc1ccccc1. The number of carbonyl (C=O) groups is 1. The first-order valence-corrected chi connectivity index (χ1v) is 6.75. The van der Waals surface area contributed by atoms with E-state index in [1.807, 2.05) is 36.9 Å². The summed E-state index contributed by atoms with van der Waals surface area (Å²) in [5.41, 5.74) is 1.26. The summed E-state index contributed by atoms with van der Waals surface area (Å²) in [6.07, 6.45) is 0. The monoisotopic (exact) mass is 248 g/mol. The fourth-order valence-corrected chi connectivity index (χ4v) is 1.99. The van der Waals surface area contributed by atoms with E-state index in [-0.39, 0.29) is 5.91 Å². The van der Waals surface area contributed by atoms with Crippen molar-refractivity contribution in [3.8, 4) is 0 Å². The third-order valence-corrected chi connectivity index (χ3v) is 3.17. The highest BCUT2D eigenvalue weighted by molar-refractivity contribution is 5.78. The van der Waals surface area contributed by atoms with Gasteiger partial charge in [0, 0.05) is 19.6 Å². The molecule has 0 bridgehead atoms. The molecular formula is C15H24N2O. The van der Waals surface area contributed by atoms with E-state index in [9.17, 15) is 4.79 Å². The lowest BCUT2D eigenvalue weighted by Crippen LogP contribution is -2.39. The maximum absolute atomic E-state index is 12.0. The smallest absolute Gasteiger partial charge is 0.236 e. The lowest BCUT2D eigenvalue weighted by molar-refractivity contribution is -0.132. The van der Waals surface area contributed by atoms with E-state index >= 15 is 0 Å². The van der Waals surface area contributed by atoms with Crippen LogP contribution < -0.4 is 0 Å². The predicted molar refractivity (Wildman–Crippen MR) is 75.3 cm³/mol. The minimum atomic E-state index is 0.220. The molecule has 0 aromatic heterocycles. The van der Waals surface area contributed by atoms with Crippen LogP contribution >= 0.6 is 0 Å². The molecular weight excluding hydrogens is 224 g/mol. The van der Waals surface area contributed by atoms with Crippen molar-refractivity contribution in [2.45, 2.75) is 27.3 Å². The number of amides is 1. The Morgan fingerprint density at radius 3 is 2.11 bits per heavy atom. The second kappa shape index (κ2) is 7.88. The van der Waals surface area contributed by atoms with Crippen molar-refractivity contribution >= 4 is 5.91 Å². The van der Waals surface area contributed by atoms with E-state index in [0.29, 0.717) is 6.54 Å². The van der Waals surface area contributed by atoms with Crippen molar-refractivity contribution < 1.29 is 4.79 Å². The van der Waals surface area contributed by atoms with Gasteiger partial charge in [-0.15, -0.1) is 0 Å². The highest BCUT2D eigenvalue weighted by Gasteiger charge is 2.13. The van der Waals surface area contributed by atoms with Crippen LogP contribution in [0.15, 0.2) is 30.3 Å². The van der Waals surface area contributed by atoms with Gasteiger partial charge >= 0.3 is 0 Å². The molecule has 1 amide bonds. The maximum Gasteiger partial charge on any atom is 0.236 e. The van der Waals surface area contributed by atoms with E-state index in [2.05, 4.69) is 24.0 Å². The molecule has 0 spiro atoms. The number of hydrogen-bond acceptors (Lipinski definition) is 2. The third kappa shape index (κ3) is 4.49. The molecule has 0 fully saturated rings. The van der Waals surface area contributed by atoms with Crippen LogP contribution in [0.25, 0.3) is 0 Å². The van der Waals surface area contributed by atoms with Crippen molar-refractivity contribution in [1.29, 1.82) is 0 Å². The fourth-order valence-electron chi connectivity index (χ4n) is 1.99. The molecule has 0 saturated carbocycles. The largest absolute Gasteiger partial charge is 0.342 e. The molecule has 1 aromatic carbocycles. The summed E-state index contributed by atoms with van der Waals surface area (Å²) in [7, 11) is 0. The molecule has 1 rings (SSSR count). The predicted octanol–water partition coefficient (Wildman–Crippen LogP) is 2.38. The lowest BCUT2D eigenvalue weighted by Gasteiger charge is -2.25. The number of carbonyl (C=O) groups excluding carboxylic acids is 1. The van der Waals surface area contributed by atoms with Crippen LogP contribution in [-0.2, 0) is 11.3 Å². The van der Waals surface area contributed by atoms with Crippen molar-refractivity contribution in [3.05, 3.63) is 35.9 Å². The molecule has 0 aliphatic heterocycles. The van der Waals surface area contributed by atoms with Crippen LogP contribution in [0.1, 0.15) is 26.3 Å². The maximum atomic E-state index is 12.0. The van der Waals surface area contributed by atoms with Crippen LogP contribution in [0.5, 0.6) is 0 Å². The molecule has 0 N–H and O–H groups in total. The van der Waals surface area contributed by atoms with Crippen LogP contribution in [0.3, 0.4) is 0 Å². The Kier molecular flexibility index (Phi) is 6.44. The van der Waals surface area contributed by atoms with E-state index in [1.165, 1.54) is 5.56 Å². The van der Waals surface area contributed by atoms with Gasteiger partial charge in [-0.1, -0.05) is 37.3 Å². The minimum absolute atomic E-state index is 0.220. The second-order valence-electron chi connectivity index (χ2n) is 4.35. The molecule has 3 heteroatoms. The average molecular weight is 248 g/mol. The summed E-state index contributed by atoms with van der Waals surface area (Å²) in [4.78, 5) is 16.1. The zero-order valence-electron chi connectivity index (χ0n) is 11.7. The highest BCUT2D eigenvalue weighted by atomic mass is 16.2. The summed E-state index contributed by atoms with van der Waals surface area (Å²) >= 11 is 0. The molecule has 18 heavy (non-hydrogen) atoms. The molecule has 0 aliphatic rings. The lowest BCUT2D eigenvalue weighted by atomic mass is 10.2. The second-order valence-corrected chi connectivity index (χ2v) is 4.35. The average Bonchev–Trinajstić information content (AvgIpc) is 2.40. The van der Waals surface area contributed by atoms with E-state index in [0.717, 1.165) is 26.2 Å². The molecule has 0 radical (unpaired) electrons. The van der Waals surface area contributed by atoms with Gasteiger partial charge in [-0.2, -0.15) is 0 Å². The first kappa shape index (κ1) is 14.7. The molecule has 100 valence electrons. The normalized spacial score (nSPS) is 10.7. The molecule has 3 nitrogen and oxygen atoms in total. The quantitative estimate of drug-likeness (QED) is 0.739.